The average Bonchev–Trinajstić information content (AvgIpc) is 4.55. The van der Waals surface area contributed by atoms with Crippen molar-refractivity contribution in [1.82, 2.24) is 49.2 Å². The number of pyridine rings is 1. The Balaban J connectivity index is 0.641. The van der Waals surface area contributed by atoms with Crippen LogP contribution < -0.4 is 14.9 Å². The zero-order valence-electron chi connectivity index (χ0n) is 46.9. The number of rotatable bonds is 17. The van der Waals surface area contributed by atoms with Crippen LogP contribution in [0.15, 0.2) is 90.8 Å². The van der Waals surface area contributed by atoms with Crippen LogP contribution in [0, 0.1) is 29.9 Å². The number of thiazole rings is 1. The van der Waals surface area contributed by atoms with E-state index < -0.39 is 75.2 Å². The van der Waals surface area contributed by atoms with Crippen molar-refractivity contribution in [2.75, 3.05) is 81.6 Å². The van der Waals surface area contributed by atoms with Gasteiger partial charge in [0.15, 0.2) is 5.82 Å². The minimum Gasteiger partial charge on any atom is -0.391 e. The average molecular weight is 1180 g/mol. The number of aromatic nitrogens is 5. The number of aliphatic hydroxyl groups excluding tert-OH is 1. The third-order valence-corrected chi connectivity index (χ3v) is 19.1. The lowest BCUT2D eigenvalue weighted by Crippen LogP contribution is -2.57. The third kappa shape index (κ3) is 12.7. The highest BCUT2D eigenvalue weighted by Crippen LogP contribution is 2.36. The first-order valence-electron chi connectivity index (χ1n) is 28.3. The monoisotopic (exact) mass is 1170 g/mol. The van der Waals surface area contributed by atoms with Crippen LogP contribution in [0.3, 0.4) is 0 Å². The van der Waals surface area contributed by atoms with Crippen molar-refractivity contribution in [1.29, 1.82) is 0 Å². The van der Waals surface area contributed by atoms with E-state index in [0.717, 1.165) is 114 Å². The van der Waals surface area contributed by atoms with Crippen LogP contribution >= 0.6 is 11.3 Å². The van der Waals surface area contributed by atoms with Crippen molar-refractivity contribution < 1.29 is 41.1 Å². The molecule has 83 heavy (non-hydrogen) atoms. The summed E-state index contributed by atoms with van der Waals surface area (Å²) < 4.78 is 73.5. The van der Waals surface area contributed by atoms with Crippen LogP contribution in [0.2, 0.25) is 0 Å². The van der Waals surface area contributed by atoms with E-state index in [0.29, 0.717) is 41.2 Å². The lowest BCUT2D eigenvalue weighted by Gasteiger charge is -2.39. The van der Waals surface area contributed by atoms with Gasteiger partial charge >= 0.3 is 10.2 Å². The molecule has 7 aromatic rings. The van der Waals surface area contributed by atoms with Gasteiger partial charge in [-0.2, -0.15) is 12.7 Å². The van der Waals surface area contributed by atoms with Gasteiger partial charge in [-0.15, -0.1) is 11.3 Å². The van der Waals surface area contributed by atoms with Gasteiger partial charge in [0.25, 0.3) is 0 Å². The lowest BCUT2D eigenvalue weighted by molar-refractivity contribution is -0.141. The maximum Gasteiger partial charge on any atom is 0.301 e. The Bertz CT molecular complexity index is 3610. The number of alkyl halides is 1. The number of hydrogen-bond acceptors (Lipinski definition) is 13. The second kappa shape index (κ2) is 23.9. The molecule has 0 radical (unpaired) electrons. The Labute approximate surface area is 484 Å². The first-order valence-corrected chi connectivity index (χ1v) is 30.6. The highest BCUT2D eigenvalue weighted by atomic mass is 32.2. The fraction of sp³-hybridized carbons (Fsp3) is 0.433. The molecule has 4 aliphatic heterocycles. The summed E-state index contributed by atoms with van der Waals surface area (Å²) in [5.41, 5.74) is 6.65. The minimum atomic E-state index is -4.37. The first kappa shape index (κ1) is 57.8. The number of aliphatic hydroxyl groups is 1. The summed E-state index contributed by atoms with van der Waals surface area (Å²) in [5.74, 6) is -2.89. The molecule has 23 heteroatoms. The van der Waals surface area contributed by atoms with Crippen LogP contribution in [0.1, 0.15) is 91.2 Å². The van der Waals surface area contributed by atoms with Crippen molar-refractivity contribution in [3.63, 3.8) is 0 Å². The molecule has 0 unspecified atom stereocenters. The number of hydrogen-bond donors (Lipinski definition) is 5. The Morgan fingerprint density at radius 3 is 2.27 bits per heavy atom. The number of nitrogens with one attached hydrogen (secondary N) is 4. The van der Waals surface area contributed by atoms with Crippen LogP contribution in [-0.2, 0) is 26.2 Å². The molecule has 11 rings (SSSR count). The molecular formula is C60H69F3N12O6S2. The SMILES string of the molecule is Cc1ncsc1-c1ccc(Cc2cnc([C@@H]3C[C@@H](O)CN3C(=O)[C@@H](NC(=O)CN3CCN(CC4CCN(c5ccc(-c6cnc7[nH]cc(C(=O)c8c(F)ccc(NS(=O)(=O)N9CC[C@@H](F)C9)c8F)c7c6)cc5)CC4)CC3)C(C)(C)C)[nH]2)cc1. The number of benzene rings is 3. The number of aromatic amines is 2. The number of H-pyrrole nitrogens is 2. The predicted octanol–water partition coefficient (Wildman–Crippen LogP) is 7.88. The number of amides is 2. The van der Waals surface area contributed by atoms with E-state index in [2.05, 4.69) is 69.2 Å². The van der Waals surface area contributed by atoms with Gasteiger partial charge < -0.3 is 35.1 Å². The number of imidazole rings is 1. The molecule has 4 atom stereocenters. The Kier molecular flexibility index (Phi) is 16.7. The molecular weight excluding hydrogens is 1110 g/mol. The van der Waals surface area contributed by atoms with E-state index >= 15 is 8.78 Å². The highest BCUT2D eigenvalue weighted by molar-refractivity contribution is 7.90. The molecule has 0 bridgehead atoms. The number of nitrogens with zero attached hydrogens (tertiary/aromatic N) is 8. The topological polar surface area (TPSA) is 216 Å². The first-order chi connectivity index (χ1) is 39.7. The number of anilines is 2. The smallest absolute Gasteiger partial charge is 0.301 e. The second-order valence-corrected chi connectivity index (χ2v) is 26.1. The summed E-state index contributed by atoms with van der Waals surface area (Å²) >= 11 is 1.62. The number of carbonyl (C=O) groups is 3. The van der Waals surface area contributed by atoms with E-state index in [1.54, 1.807) is 34.7 Å². The molecule has 3 aromatic carbocycles. The Morgan fingerprint density at radius 1 is 0.855 bits per heavy atom. The van der Waals surface area contributed by atoms with Crippen LogP contribution in [0.4, 0.5) is 24.5 Å². The molecule has 2 amide bonds. The molecule has 4 saturated heterocycles. The second-order valence-electron chi connectivity index (χ2n) is 23.5. The number of ketones is 1. The molecule has 4 fully saturated rings. The van der Waals surface area contributed by atoms with Crippen molar-refractivity contribution in [2.45, 2.75) is 84.2 Å². The zero-order chi connectivity index (χ0) is 58.3. The zero-order valence-corrected chi connectivity index (χ0v) is 48.5. The minimum absolute atomic E-state index is 0.00200. The van der Waals surface area contributed by atoms with Crippen molar-refractivity contribution >= 4 is 61.6 Å². The fourth-order valence-electron chi connectivity index (χ4n) is 11.9. The van der Waals surface area contributed by atoms with E-state index in [-0.39, 0.29) is 43.4 Å². The Hall–Kier alpha value is -7.02. The third-order valence-electron chi connectivity index (χ3n) is 16.6. The molecule has 5 N–H and O–H groups in total. The van der Waals surface area contributed by atoms with Crippen molar-refractivity contribution in [3.05, 3.63) is 136 Å². The van der Waals surface area contributed by atoms with E-state index in [4.69, 9.17) is 0 Å². The summed E-state index contributed by atoms with van der Waals surface area (Å²) in [7, 11) is -4.37. The predicted molar refractivity (Wildman–Crippen MR) is 313 cm³/mol. The van der Waals surface area contributed by atoms with Gasteiger partial charge in [0, 0.05) is 125 Å². The summed E-state index contributed by atoms with van der Waals surface area (Å²) in [6, 6.07) is 18.6. The largest absolute Gasteiger partial charge is 0.391 e. The van der Waals surface area contributed by atoms with Crippen LogP contribution in [0.5, 0.6) is 0 Å². The van der Waals surface area contributed by atoms with Crippen molar-refractivity contribution in [2.24, 2.45) is 11.3 Å². The number of piperazine rings is 1. The number of halogens is 3. The van der Waals surface area contributed by atoms with Crippen molar-refractivity contribution in [3.8, 4) is 21.6 Å². The van der Waals surface area contributed by atoms with Gasteiger partial charge in [0.05, 0.1) is 46.0 Å². The molecule has 0 aliphatic carbocycles. The quantitative estimate of drug-likeness (QED) is 0.0551. The molecule has 4 aliphatic rings. The normalized spacial score (nSPS) is 20.1. The molecule has 4 aromatic heterocycles. The maximum atomic E-state index is 15.8. The molecule has 8 heterocycles. The van der Waals surface area contributed by atoms with Gasteiger partial charge in [-0.25, -0.2) is 28.1 Å². The van der Waals surface area contributed by atoms with Gasteiger partial charge in [-0.1, -0.05) is 57.2 Å². The van der Waals surface area contributed by atoms with Gasteiger partial charge in [-0.3, -0.25) is 24.0 Å². The standard InChI is InChI=1S/C60H69F3N12O6S2/c1-36-55(82-35-67-36)40-7-5-37(6-8-40)25-43-29-65-58(68-43)50-27-45(76)33-75(50)59(79)56(60(2,3)4)69-51(77)34-72-23-21-71(22-24-72)31-38-15-18-73(19-16-38)44-11-9-39(10-12-44)41-26-46-47(30-66-57(46)64-28-41)54(78)52-48(62)13-14-49(53(52)63)70-83(80,81)74-20-17-42(61)32-74/h5-14,26,28-30,35,38,42,45,50,56,70,76H,15-25,27,31-34H2,1-4H3,(H,64,66)(H,65,68)(H,69,77)/t42-,45-,50+,56-/m1/s1. The molecule has 18 nitrogen and oxygen atoms in total. The number of fused-ring (bicyclic) bond motifs is 1. The number of β-amino-alcohol motifs (C(OH)–C–C–N with tert-alkyl or cyclic N) is 1. The number of carbonyl (C=O) groups excluding carboxylic acids is 3. The van der Waals surface area contributed by atoms with Gasteiger partial charge in [-0.05, 0) is 84.5 Å². The highest BCUT2D eigenvalue weighted by Gasteiger charge is 2.44. The molecule has 0 spiro atoms. The lowest BCUT2D eigenvalue weighted by atomic mass is 9.85. The van der Waals surface area contributed by atoms with E-state index in [1.165, 1.54) is 6.20 Å². The van der Waals surface area contributed by atoms with Crippen LogP contribution in [0.25, 0.3) is 32.6 Å². The summed E-state index contributed by atoms with van der Waals surface area (Å²) in [5, 5.41) is 14.3. The summed E-state index contributed by atoms with van der Waals surface area (Å²) in [4.78, 5) is 71.7. The molecule has 0 saturated carbocycles. The van der Waals surface area contributed by atoms with Gasteiger partial charge in [0.1, 0.15) is 29.5 Å². The number of piperidine rings is 1. The van der Waals surface area contributed by atoms with E-state index in [9.17, 15) is 32.3 Å². The summed E-state index contributed by atoms with van der Waals surface area (Å²) in [6.45, 7) is 13.5. The Morgan fingerprint density at radius 2 is 1.58 bits per heavy atom. The number of likely N-dealkylation sites (tertiary alicyclic amines) is 1. The van der Waals surface area contributed by atoms with E-state index in [1.807, 2.05) is 62.2 Å². The van der Waals surface area contributed by atoms with Crippen LogP contribution in [-0.4, -0.2) is 165 Å². The maximum absolute atomic E-state index is 15.8. The summed E-state index contributed by atoms with van der Waals surface area (Å²) in [6.07, 6.45) is 5.68. The van der Waals surface area contributed by atoms with Gasteiger partial charge in [0.2, 0.25) is 17.6 Å². The fourth-order valence-corrected chi connectivity index (χ4v) is 14.0. The molecule has 438 valence electrons. The number of aryl methyl sites for hydroxylation is 1.